The molecule has 5 aromatic rings. The molecule has 1 aliphatic rings. The predicted octanol–water partition coefficient (Wildman–Crippen LogP) is 5.10. The smallest absolute Gasteiger partial charge is 0.310 e. The number of ether oxygens (including phenoxy) is 3. The highest BCUT2D eigenvalue weighted by Crippen LogP contribution is 2.32. The standard InChI is InChI=1S/C34H37N5O4/c1-3-42-33(40)18-27-6-4-5-7-32(27)43-22-30-29-17-26(25-9-8-24-12-13-36-34(35)28(24)16-25)10-11-31(29)39(37-30)21-23-19-38(20-23)14-15-41-2/h4-13,16-17,23H,3,14-15,18-22H2,1-2H3,(H2,35,36). The first-order chi connectivity index (χ1) is 21.0. The summed E-state index contributed by atoms with van der Waals surface area (Å²) in [6.45, 7) is 7.01. The molecule has 2 N–H and O–H groups in total. The quantitative estimate of drug-likeness (QED) is 0.204. The van der Waals surface area contributed by atoms with Crippen molar-refractivity contribution in [2.75, 3.05) is 45.7 Å². The lowest BCUT2D eigenvalue weighted by atomic mass is 9.99. The summed E-state index contributed by atoms with van der Waals surface area (Å²) in [6, 6.07) is 22.3. The predicted molar refractivity (Wildman–Crippen MR) is 168 cm³/mol. The Hall–Kier alpha value is -4.47. The van der Waals surface area contributed by atoms with E-state index in [1.165, 1.54) is 0 Å². The van der Waals surface area contributed by atoms with Crippen LogP contribution in [0.1, 0.15) is 18.2 Å². The Kier molecular flexibility index (Phi) is 8.53. The number of nitrogen functional groups attached to an aromatic ring is 1. The van der Waals surface area contributed by atoms with Crippen molar-refractivity contribution in [3.05, 3.63) is 84.2 Å². The van der Waals surface area contributed by atoms with Gasteiger partial charge in [-0.2, -0.15) is 5.10 Å². The van der Waals surface area contributed by atoms with Crippen LogP contribution in [0.25, 0.3) is 32.8 Å². The van der Waals surface area contributed by atoms with E-state index in [4.69, 9.17) is 25.0 Å². The summed E-state index contributed by atoms with van der Waals surface area (Å²) in [5.74, 6) is 1.42. The van der Waals surface area contributed by atoms with Gasteiger partial charge in [0.25, 0.3) is 0 Å². The second kappa shape index (κ2) is 12.8. The van der Waals surface area contributed by atoms with Crippen LogP contribution in [0, 0.1) is 5.92 Å². The fraction of sp³-hybridized carbons (Fsp3) is 0.324. The number of benzene rings is 3. The van der Waals surface area contributed by atoms with E-state index in [-0.39, 0.29) is 19.0 Å². The third kappa shape index (κ3) is 6.33. The zero-order valence-electron chi connectivity index (χ0n) is 24.7. The van der Waals surface area contributed by atoms with Crippen molar-refractivity contribution in [3.8, 4) is 16.9 Å². The largest absolute Gasteiger partial charge is 0.487 e. The molecule has 2 aromatic heterocycles. The van der Waals surface area contributed by atoms with Gasteiger partial charge >= 0.3 is 5.97 Å². The van der Waals surface area contributed by atoms with Gasteiger partial charge in [0.1, 0.15) is 23.9 Å². The van der Waals surface area contributed by atoms with E-state index in [1.54, 1.807) is 20.2 Å². The van der Waals surface area contributed by atoms with Crippen LogP contribution in [0.15, 0.2) is 72.9 Å². The maximum absolute atomic E-state index is 12.2. The number of likely N-dealkylation sites (tertiary alicyclic amines) is 1. The van der Waals surface area contributed by atoms with Gasteiger partial charge in [-0.05, 0) is 53.8 Å². The average molecular weight is 580 g/mol. The average Bonchev–Trinajstić information content (AvgIpc) is 3.34. The minimum absolute atomic E-state index is 0.157. The Morgan fingerprint density at radius 1 is 1.02 bits per heavy atom. The Bertz CT molecular complexity index is 1740. The van der Waals surface area contributed by atoms with Gasteiger partial charge in [0.2, 0.25) is 0 Å². The summed E-state index contributed by atoms with van der Waals surface area (Å²) in [7, 11) is 1.74. The molecule has 0 spiro atoms. The van der Waals surface area contributed by atoms with Crippen molar-refractivity contribution < 1.29 is 19.0 Å². The number of hydrogen-bond acceptors (Lipinski definition) is 8. The van der Waals surface area contributed by atoms with E-state index >= 15 is 0 Å². The number of hydrogen-bond donors (Lipinski definition) is 1. The molecule has 0 unspecified atom stereocenters. The monoisotopic (exact) mass is 579 g/mol. The number of carbonyl (C=O) groups excluding carboxylic acids is 1. The van der Waals surface area contributed by atoms with Crippen LogP contribution in [-0.2, 0) is 33.8 Å². The molecule has 222 valence electrons. The molecule has 3 aromatic carbocycles. The number of pyridine rings is 1. The number of anilines is 1. The minimum Gasteiger partial charge on any atom is -0.487 e. The van der Waals surface area contributed by atoms with Gasteiger partial charge in [-0.25, -0.2) is 4.98 Å². The number of methoxy groups -OCH3 is 1. The first kappa shape index (κ1) is 28.6. The molecule has 0 aliphatic carbocycles. The van der Waals surface area contributed by atoms with Crippen LogP contribution in [0.3, 0.4) is 0 Å². The summed E-state index contributed by atoms with van der Waals surface area (Å²) in [5.41, 5.74) is 11.0. The molecule has 9 nitrogen and oxygen atoms in total. The molecule has 0 atom stereocenters. The van der Waals surface area contributed by atoms with Crippen molar-refractivity contribution in [1.82, 2.24) is 19.7 Å². The first-order valence-electron chi connectivity index (χ1n) is 14.7. The van der Waals surface area contributed by atoms with E-state index in [9.17, 15) is 4.79 Å². The molecule has 1 aliphatic heterocycles. The number of esters is 1. The van der Waals surface area contributed by atoms with E-state index < -0.39 is 0 Å². The van der Waals surface area contributed by atoms with Gasteiger partial charge in [0, 0.05) is 61.7 Å². The number of aromatic nitrogens is 3. The lowest BCUT2D eigenvalue weighted by Gasteiger charge is -2.39. The van der Waals surface area contributed by atoms with E-state index in [0.717, 1.165) is 76.8 Å². The molecule has 1 saturated heterocycles. The first-order valence-corrected chi connectivity index (χ1v) is 14.7. The van der Waals surface area contributed by atoms with Gasteiger partial charge in [-0.15, -0.1) is 0 Å². The normalized spacial score (nSPS) is 13.8. The molecule has 1 fully saturated rings. The van der Waals surface area contributed by atoms with Crippen LogP contribution >= 0.6 is 0 Å². The zero-order chi connectivity index (χ0) is 29.8. The summed E-state index contributed by atoms with van der Waals surface area (Å²) < 4.78 is 18.8. The van der Waals surface area contributed by atoms with E-state index in [0.29, 0.717) is 24.1 Å². The summed E-state index contributed by atoms with van der Waals surface area (Å²) >= 11 is 0. The number of para-hydroxylation sites is 1. The fourth-order valence-corrected chi connectivity index (χ4v) is 5.79. The maximum atomic E-state index is 12.2. The van der Waals surface area contributed by atoms with Gasteiger partial charge < -0.3 is 24.8 Å². The zero-order valence-corrected chi connectivity index (χ0v) is 24.7. The Labute approximate surface area is 251 Å². The summed E-state index contributed by atoms with van der Waals surface area (Å²) in [6.07, 6.45) is 1.89. The lowest BCUT2D eigenvalue weighted by molar-refractivity contribution is -0.142. The SMILES string of the molecule is CCOC(=O)Cc1ccccc1OCc1nn(CC2CN(CCOC)C2)c2ccc(-c3ccc4ccnc(N)c4c3)cc12. The van der Waals surface area contributed by atoms with Crippen molar-refractivity contribution >= 4 is 33.5 Å². The van der Waals surface area contributed by atoms with Gasteiger partial charge in [0.05, 0.1) is 25.2 Å². The van der Waals surface area contributed by atoms with Crippen molar-refractivity contribution in [3.63, 3.8) is 0 Å². The minimum atomic E-state index is -0.274. The van der Waals surface area contributed by atoms with Crippen LogP contribution in [0.2, 0.25) is 0 Å². The Morgan fingerprint density at radius 2 is 1.81 bits per heavy atom. The van der Waals surface area contributed by atoms with Gasteiger partial charge in [-0.3, -0.25) is 9.48 Å². The van der Waals surface area contributed by atoms with Crippen LogP contribution in [0.5, 0.6) is 5.75 Å². The molecule has 0 saturated carbocycles. The number of fused-ring (bicyclic) bond motifs is 2. The third-order valence-corrected chi connectivity index (χ3v) is 8.01. The second-order valence-electron chi connectivity index (χ2n) is 11.0. The number of nitrogens with zero attached hydrogens (tertiary/aromatic N) is 4. The highest BCUT2D eigenvalue weighted by molar-refractivity contribution is 5.95. The Morgan fingerprint density at radius 3 is 2.63 bits per heavy atom. The Balaban J connectivity index is 1.30. The molecule has 0 radical (unpaired) electrons. The van der Waals surface area contributed by atoms with Crippen molar-refractivity contribution in [1.29, 1.82) is 0 Å². The van der Waals surface area contributed by atoms with Crippen LogP contribution in [-0.4, -0.2) is 65.6 Å². The topological polar surface area (TPSA) is 105 Å². The summed E-state index contributed by atoms with van der Waals surface area (Å²) in [5, 5.41) is 8.08. The van der Waals surface area contributed by atoms with E-state index in [2.05, 4.69) is 51.0 Å². The number of carbonyl (C=O) groups is 1. The lowest BCUT2D eigenvalue weighted by Crippen LogP contribution is -2.49. The maximum Gasteiger partial charge on any atom is 0.310 e. The number of rotatable bonds is 12. The molecule has 0 bridgehead atoms. The third-order valence-electron chi connectivity index (χ3n) is 8.01. The van der Waals surface area contributed by atoms with Crippen molar-refractivity contribution in [2.45, 2.75) is 26.5 Å². The van der Waals surface area contributed by atoms with Gasteiger partial charge in [-0.1, -0.05) is 36.4 Å². The fourth-order valence-electron chi connectivity index (χ4n) is 5.79. The highest BCUT2D eigenvalue weighted by Gasteiger charge is 2.27. The molecule has 6 rings (SSSR count). The van der Waals surface area contributed by atoms with Crippen molar-refractivity contribution in [2.24, 2.45) is 5.92 Å². The summed E-state index contributed by atoms with van der Waals surface area (Å²) in [4.78, 5) is 18.9. The molecule has 43 heavy (non-hydrogen) atoms. The molecule has 3 heterocycles. The number of nitrogens with two attached hydrogens (primary N) is 1. The molecular weight excluding hydrogens is 542 g/mol. The van der Waals surface area contributed by atoms with E-state index in [1.807, 2.05) is 30.3 Å². The molecular formula is C34H37N5O4. The highest BCUT2D eigenvalue weighted by atomic mass is 16.5. The van der Waals surface area contributed by atoms with Gasteiger partial charge in [0.15, 0.2) is 0 Å². The van der Waals surface area contributed by atoms with Crippen LogP contribution < -0.4 is 10.5 Å². The molecule has 0 amide bonds. The van der Waals surface area contributed by atoms with Crippen LogP contribution in [0.4, 0.5) is 5.82 Å². The molecule has 9 heteroatoms. The second-order valence-corrected chi connectivity index (χ2v) is 11.0.